The molecule has 1 aromatic carbocycles. The van der Waals surface area contributed by atoms with Crippen molar-refractivity contribution in [3.63, 3.8) is 0 Å². The molecule has 0 aromatic heterocycles. The fourth-order valence-electron chi connectivity index (χ4n) is 2.75. The van der Waals surface area contributed by atoms with Crippen molar-refractivity contribution in [2.45, 2.75) is 50.6 Å². The van der Waals surface area contributed by atoms with E-state index >= 15 is 0 Å². The minimum absolute atomic E-state index is 0.199. The van der Waals surface area contributed by atoms with Crippen molar-refractivity contribution in [2.24, 2.45) is 0 Å². The van der Waals surface area contributed by atoms with Crippen LogP contribution in [0.25, 0.3) is 0 Å². The first-order chi connectivity index (χ1) is 9.31. The van der Waals surface area contributed by atoms with Gasteiger partial charge < -0.3 is 4.74 Å². The summed E-state index contributed by atoms with van der Waals surface area (Å²) < 4.78 is 4.94. The monoisotopic (exact) mass is 261 g/mol. The molecule has 104 valence electrons. The second-order valence-electron chi connectivity index (χ2n) is 5.22. The molecular formula is C16H23NO2. The van der Waals surface area contributed by atoms with Crippen LogP contribution in [0, 0.1) is 0 Å². The molecule has 1 unspecified atom stereocenters. The van der Waals surface area contributed by atoms with E-state index in [2.05, 4.69) is 5.32 Å². The Morgan fingerprint density at radius 3 is 2.37 bits per heavy atom. The lowest BCUT2D eigenvalue weighted by Crippen LogP contribution is -2.37. The highest BCUT2D eigenvalue weighted by Crippen LogP contribution is 2.22. The van der Waals surface area contributed by atoms with E-state index in [9.17, 15) is 4.79 Å². The van der Waals surface area contributed by atoms with Gasteiger partial charge in [0.15, 0.2) is 0 Å². The lowest BCUT2D eigenvalue weighted by atomic mass is 10.0. The normalized spacial score (nSPS) is 18.6. The third-order valence-corrected chi connectivity index (χ3v) is 3.83. The van der Waals surface area contributed by atoms with E-state index in [1.165, 1.54) is 32.8 Å². The Bertz CT molecular complexity index is 383. The van der Waals surface area contributed by atoms with Crippen molar-refractivity contribution >= 4 is 5.97 Å². The lowest BCUT2D eigenvalue weighted by molar-refractivity contribution is -0.143. The summed E-state index contributed by atoms with van der Waals surface area (Å²) in [4.78, 5) is 12.0. The Balaban J connectivity index is 2.07. The Morgan fingerprint density at radius 2 is 1.79 bits per heavy atom. The Morgan fingerprint density at radius 1 is 1.16 bits per heavy atom. The van der Waals surface area contributed by atoms with Gasteiger partial charge >= 0.3 is 5.97 Å². The molecule has 3 heteroatoms. The van der Waals surface area contributed by atoms with Crippen molar-refractivity contribution in [1.82, 2.24) is 5.32 Å². The molecule has 19 heavy (non-hydrogen) atoms. The summed E-state index contributed by atoms with van der Waals surface area (Å²) in [6, 6.07) is 9.92. The van der Waals surface area contributed by atoms with E-state index in [0.29, 0.717) is 6.04 Å². The number of nitrogens with one attached hydrogen (secondary N) is 1. The number of hydrogen-bond donors (Lipinski definition) is 1. The molecule has 1 atom stereocenters. The van der Waals surface area contributed by atoms with Crippen LogP contribution in [0.1, 0.15) is 50.1 Å². The molecule has 0 bridgehead atoms. The van der Waals surface area contributed by atoms with Gasteiger partial charge in [-0.3, -0.25) is 5.32 Å². The van der Waals surface area contributed by atoms with Crippen LogP contribution in [0.2, 0.25) is 0 Å². The van der Waals surface area contributed by atoms with E-state index in [4.69, 9.17) is 4.74 Å². The fraction of sp³-hybridized carbons (Fsp3) is 0.562. The first-order valence-electron chi connectivity index (χ1n) is 7.20. The molecule has 3 nitrogen and oxygen atoms in total. The molecule has 1 fully saturated rings. The van der Waals surface area contributed by atoms with Gasteiger partial charge in [-0.25, -0.2) is 4.79 Å². The second-order valence-corrected chi connectivity index (χ2v) is 5.22. The van der Waals surface area contributed by atoms with Crippen LogP contribution in [0.5, 0.6) is 0 Å². The van der Waals surface area contributed by atoms with Gasteiger partial charge in [0.2, 0.25) is 0 Å². The van der Waals surface area contributed by atoms with Crippen LogP contribution in [0.4, 0.5) is 0 Å². The quantitative estimate of drug-likeness (QED) is 0.668. The van der Waals surface area contributed by atoms with E-state index in [-0.39, 0.29) is 12.0 Å². The molecule has 1 saturated carbocycles. The lowest BCUT2D eigenvalue weighted by Gasteiger charge is -2.23. The molecule has 1 aliphatic rings. The first kappa shape index (κ1) is 14.1. The van der Waals surface area contributed by atoms with Crippen LogP contribution in [0.3, 0.4) is 0 Å². The second kappa shape index (κ2) is 7.29. The number of carbonyl (C=O) groups is 1. The average molecular weight is 261 g/mol. The molecule has 1 aromatic rings. The number of carbonyl (C=O) groups excluding carboxylic acids is 1. The van der Waals surface area contributed by atoms with Crippen LogP contribution >= 0.6 is 0 Å². The zero-order valence-electron chi connectivity index (χ0n) is 11.6. The SMILES string of the molecule is COC(=O)C(NC1CCCCCC1)c1ccccc1. The number of esters is 1. The van der Waals surface area contributed by atoms with Crippen molar-refractivity contribution in [2.75, 3.05) is 7.11 Å². The third-order valence-electron chi connectivity index (χ3n) is 3.83. The zero-order valence-corrected chi connectivity index (χ0v) is 11.6. The molecule has 0 aliphatic heterocycles. The highest BCUT2D eigenvalue weighted by atomic mass is 16.5. The van der Waals surface area contributed by atoms with Crippen molar-refractivity contribution in [3.05, 3.63) is 35.9 Å². The maximum atomic E-state index is 12.0. The molecule has 1 aliphatic carbocycles. The summed E-state index contributed by atoms with van der Waals surface area (Å²) in [5, 5.41) is 3.49. The standard InChI is InChI=1S/C16H23NO2/c1-19-16(18)15(13-9-5-4-6-10-13)17-14-11-7-2-3-8-12-14/h4-6,9-10,14-15,17H,2-3,7-8,11-12H2,1H3. The van der Waals surface area contributed by atoms with Gasteiger partial charge in [-0.15, -0.1) is 0 Å². The Hall–Kier alpha value is -1.35. The maximum Gasteiger partial charge on any atom is 0.327 e. The summed E-state index contributed by atoms with van der Waals surface area (Å²) in [5.41, 5.74) is 0.985. The number of hydrogen-bond acceptors (Lipinski definition) is 3. The Labute approximate surface area is 115 Å². The molecule has 0 heterocycles. The van der Waals surface area contributed by atoms with Crippen molar-refractivity contribution < 1.29 is 9.53 Å². The molecule has 1 N–H and O–H groups in total. The number of benzene rings is 1. The van der Waals surface area contributed by atoms with Crippen molar-refractivity contribution in [1.29, 1.82) is 0 Å². The zero-order chi connectivity index (χ0) is 13.5. The van der Waals surface area contributed by atoms with Gasteiger partial charge in [0, 0.05) is 6.04 Å². The summed E-state index contributed by atoms with van der Waals surface area (Å²) in [6.07, 6.45) is 7.43. The molecule has 0 saturated heterocycles. The number of rotatable bonds is 4. The fourth-order valence-corrected chi connectivity index (χ4v) is 2.75. The molecule has 0 amide bonds. The van der Waals surface area contributed by atoms with Gasteiger partial charge in [0.25, 0.3) is 0 Å². The van der Waals surface area contributed by atoms with Crippen LogP contribution in [-0.2, 0) is 9.53 Å². The third kappa shape index (κ3) is 4.06. The predicted molar refractivity (Wildman–Crippen MR) is 75.8 cm³/mol. The molecule has 0 spiro atoms. The highest BCUT2D eigenvalue weighted by molar-refractivity contribution is 5.77. The first-order valence-corrected chi connectivity index (χ1v) is 7.20. The van der Waals surface area contributed by atoms with Gasteiger partial charge in [-0.05, 0) is 18.4 Å². The minimum Gasteiger partial charge on any atom is -0.468 e. The summed E-state index contributed by atoms with van der Waals surface area (Å²) in [5.74, 6) is -0.199. The van der Waals surface area contributed by atoms with E-state index in [0.717, 1.165) is 18.4 Å². The van der Waals surface area contributed by atoms with E-state index in [1.807, 2.05) is 30.3 Å². The topological polar surface area (TPSA) is 38.3 Å². The van der Waals surface area contributed by atoms with E-state index in [1.54, 1.807) is 0 Å². The molecule has 2 rings (SSSR count). The van der Waals surface area contributed by atoms with Crippen LogP contribution in [0.15, 0.2) is 30.3 Å². The maximum absolute atomic E-state index is 12.0. The smallest absolute Gasteiger partial charge is 0.327 e. The summed E-state index contributed by atoms with van der Waals surface area (Å²) in [7, 11) is 1.45. The number of ether oxygens (including phenoxy) is 1. The van der Waals surface area contributed by atoms with Gasteiger partial charge in [-0.1, -0.05) is 56.0 Å². The molecular weight excluding hydrogens is 238 g/mol. The summed E-state index contributed by atoms with van der Waals surface area (Å²) in [6.45, 7) is 0. The van der Waals surface area contributed by atoms with Crippen LogP contribution in [-0.4, -0.2) is 19.1 Å². The van der Waals surface area contributed by atoms with Gasteiger partial charge in [-0.2, -0.15) is 0 Å². The largest absolute Gasteiger partial charge is 0.468 e. The van der Waals surface area contributed by atoms with Gasteiger partial charge in [0.1, 0.15) is 6.04 Å². The average Bonchev–Trinajstić information content (AvgIpc) is 2.73. The highest BCUT2D eigenvalue weighted by Gasteiger charge is 2.24. The van der Waals surface area contributed by atoms with Crippen LogP contribution < -0.4 is 5.32 Å². The molecule has 0 radical (unpaired) electrons. The minimum atomic E-state index is -0.339. The van der Waals surface area contributed by atoms with E-state index < -0.39 is 0 Å². The Kier molecular flexibility index (Phi) is 5.40. The number of methoxy groups -OCH3 is 1. The summed E-state index contributed by atoms with van der Waals surface area (Å²) >= 11 is 0. The predicted octanol–water partition coefficient (Wildman–Crippen LogP) is 3.21. The van der Waals surface area contributed by atoms with Crippen molar-refractivity contribution in [3.8, 4) is 0 Å². The van der Waals surface area contributed by atoms with Gasteiger partial charge in [0.05, 0.1) is 7.11 Å².